The standard InChI is InChI=1S/C22H18F2N6O2S/c1-11-19-18(15-9-17(24)25-10-16(15)31)27-20(21-26-12(2)28-33-21)30(19)8-7-29(11)22(32)13-3-5-14(23)6-4-13/h3-6,9-11,31H,7-8H2,1-2H3/t11-/m1/s1. The molecule has 1 aliphatic rings. The van der Waals surface area contributed by atoms with Crippen LogP contribution in [-0.2, 0) is 6.54 Å². The molecular formula is C22H18F2N6O2S. The monoisotopic (exact) mass is 468 g/mol. The molecule has 0 spiro atoms. The van der Waals surface area contributed by atoms with E-state index in [4.69, 9.17) is 4.98 Å². The largest absolute Gasteiger partial charge is 0.506 e. The summed E-state index contributed by atoms with van der Waals surface area (Å²) < 4.78 is 33.5. The predicted octanol–water partition coefficient (Wildman–Crippen LogP) is 3.97. The summed E-state index contributed by atoms with van der Waals surface area (Å²) in [4.78, 5) is 27.5. The fraction of sp³-hybridized carbons (Fsp3) is 0.227. The smallest absolute Gasteiger partial charge is 0.254 e. The van der Waals surface area contributed by atoms with Gasteiger partial charge in [0, 0.05) is 24.7 Å². The minimum atomic E-state index is -0.763. The number of halogens is 2. The van der Waals surface area contributed by atoms with Crippen LogP contribution in [0.4, 0.5) is 8.78 Å². The van der Waals surface area contributed by atoms with Gasteiger partial charge >= 0.3 is 0 Å². The average Bonchev–Trinajstić information content (AvgIpc) is 3.40. The number of amides is 1. The molecule has 0 unspecified atom stereocenters. The van der Waals surface area contributed by atoms with Crippen LogP contribution in [-0.4, -0.2) is 46.4 Å². The van der Waals surface area contributed by atoms with Crippen LogP contribution in [0, 0.1) is 18.7 Å². The summed E-state index contributed by atoms with van der Waals surface area (Å²) in [6, 6.07) is 6.00. The summed E-state index contributed by atoms with van der Waals surface area (Å²) in [5.41, 5.74) is 1.48. The van der Waals surface area contributed by atoms with Crippen molar-refractivity contribution in [2.75, 3.05) is 6.54 Å². The number of benzene rings is 1. The summed E-state index contributed by atoms with van der Waals surface area (Å²) in [6.45, 7) is 4.39. The van der Waals surface area contributed by atoms with Crippen molar-refractivity contribution >= 4 is 17.4 Å². The number of aromatic hydroxyl groups is 1. The number of rotatable bonds is 3. The van der Waals surface area contributed by atoms with Crippen LogP contribution < -0.4 is 0 Å². The maximum absolute atomic E-state index is 14.0. The Bertz CT molecular complexity index is 1370. The molecule has 5 rings (SSSR count). The Morgan fingerprint density at radius 1 is 1.18 bits per heavy atom. The first-order valence-corrected chi connectivity index (χ1v) is 10.9. The summed E-state index contributed by atoms with van der Waals surface area (Å²) in [6.07, 6.45) is 1.03. The maximum Gasteiger partial charge on any atom is 0.254 e. The van der Waals surface area contributed by atoms with E-state index in [-0.39, 0.29) is 17.2 Å². The third-order valence-corrected chi connectivity index (χ3v) is 6.41. The van der Waals surface area contributed by atoms with Crippen LogP contribution in [0.1, 0.15) is 34.8 Å². The van der Waals surface area contributed by atoms with E-state index in [2.05, 4.69) is 14.3 Å². The Morgan fingerprint density at radius 2 is 1.94 bits per heavy atom. The van der Waals surface area contributed by atoms with E-state index in [1.165, 1.54) is 35.8 Å². The van der Waals surface area contributed by atoms with Gasteiger partial charge in [-0.15, -0.1) is 0 Å². The number of fused-ring (bicyclic) bond motifs is 1. The van der Waals surface area contributed by atoms with Crippen molar-refractivity contribution in [2.24, 2.45) is 0 Å². The lowest BCUT2D eigenvalue weighted by atomic mass is 10.0. The van der Waals surface area contributed by atoms with Crippen molar-refractivity contribution in [1.82, 2.24) is 28.8 Å². The average molecular weight is 468 g/mol. The lowest BCUT2D eigenvalue weighted by Gasteiger charge is -2.35. The molecule has 168 valence electrons. The number of aryl methyl sites for hydroxylation is 1. The summed E-state index contributed by atoms with van der Waals surface area (Å²) >= 11 is 1.19. The van der Waals surface area contributed by atoms with Crippen LogP contribution in [0.15, 0.2) is 36.5 Å². The number of aromatic nitrogens is 5. The zero-order valence-corrected chi connectivity index (χ0v) is 18.5. The fourth-order valence-corrected chi connectivity index (χ4v) is 4.73. The first-order chi connectivity index (χ1) is 15.8. The topological polar surface area (TPSA) is 97.0 Å². The van der Waals surface area contributed by atoms with E-state index in [1.54, 1.807) is 11.8 Å². The van der Waals surface area contributed by atoms with Crippen LogP contribution >= 0.6 is 11.5 Å². The van der Waals surface area contributed by atoms with E-state index < -0.39 is 17.8 Å². The number of carbonyl (C=O) groups excluding carboxylic acids is 1. The van der Waals surface area contributed by atoms with Gasteiger partial charge < -0.3 is 14.6 Å². The molecule has 0 radical (unpaired) electrons. The molecular weight excluding hydrogens is 450 g/mol. The van der Waals surface area contributed by atoms with Gasteiger partial charge in [0.2, 0.25) is 5.95 Å². The highest BCUT2D eigenvalue weighted by atomic mass is 32.1. The molecule has 0 bridgehead atoms. The molecule has 3 aromatic heterocycles. The number of imidazole rings is 1. The number of pyridine rings is 1. The summed E-state index contributed by atoms with van der Waals surface area (Å²) in [5, 5.41) is 11.0. The van der Waals surface area contributed by atoms with E-state index >= 15 is 0 Å². The molecule has 1 atom stereocenters. The molecule has 0 saturated carbocycles. The number of carbonyl (C=O) groups is 1. The molecule has 8 nitrogen and oxygen atoms in total. The van der Waals surface area contributed by atoms with Gasteiger partial charge in [-0.1, -0.05) is 0 Å². The Hall–Kier alpha value is -3.73. The van der Waals surface area contributed by atoms with Gasteiger partial charge in [0.05, 0.1) is 29.2 Å². The highest BCUT2D eigenvalue weighted by molar-refractivity contribution is 7.09. The Kier molecular flexibility index (Phi) is 5.12. The molecule has 11 heteroatoms. The van der Waals surface area contributed by atoms with Crippen molar-refractivity contribution in [3.05, 3.63) is 65.4 Å². The van der Waals surface area contributed by atoms with Crippen molar-refractivity contribution in [1.29, 1.82) is 0 Å². The van der Waals surface area contributed by atoms with Gasteiger partial charge in [-0.05, 0) is 49.6 Å². The van der Waals surface area contributed by atoms with Gasteiger partial charge in [-0.3, -0.25) is 4.79 Å². The van der Waals surface area contributed by atoms with Crippen molar-refractivity contribution in [3.63, 3.8) is 0 Å². The van der Waals surface area contributed by atoms with Crippen molar-refractivity contribution in [2.45, 2.75) is 26.4 Å². The molecule has 1 N–H and O–H groups in total. The predicted molar refractivity (Wildman–Crippen MR) is 117 cm³/mol. The zero-order chi connectivity index (χ0) is 23.3. The third-order valence-electron chi connectivity index (χ3n) is 5.61. The second-order valence-electron chi connectivity index (χ2n) is 7.67. The number of hydrogen-bond acceptors (Lipinski definition) is 7. The first-order valence-electron chi connectivity index (χ1n) is 10.2. The highest BCUT2D eigenvalue weighted by Gasteiger charge is 2.35. The molecule has 4 heterocycles. The third kappa shape index (κ3) is 3.63. The Morgan fingerprint density at radius 3 is 2.64 bits per heavy atom. The summed E-state index contributed by atoms with van der Waals surface area (Å²) in [5.74, 6) is -0.552. The van der Waals surface area contributed by atoms with Crippen LogP contribution in [0.5, 0.6) is 5.75 Å². The van der Waals surface area contributed by atoms with E-state index in [0.29, 0.717) is 46.7 Å². The number of hydrogen-bond donors (Lipinski definition) is 1. The van der Waals surface area contributed by atoms with Gasteiger partial charge in [-0.2, -0.15) is 8.76 Å². The van der Waals surface area contributed by atoms with Gasteiger partial charge in [-0.25, -0.2) is 19.3 Å². The molecule has 0 saturated heterocycles. The molecule has 0 fully saturated rings. The van der Waals surface area contributed by atoms with E-state index in [0.717, 1.165) is 12.3 Å². The van der Waals surface area contributed by atoms with Crippen molar-refractivity contribution in [3.8, 4) is 27.8 Å². The van der Waals surface area contributed by atoms with Crippen LogP contribution in [0.3, 0.4) is 0 Å². The molecule has 1 aromatic carbocycles. The molecule has 4 aromatic rings. The quantitative estimate of drug-likeness (QED) is 0.457. The molecule has 0 aliphatic carbocycles. The molecule has 33 heavy (non-hydrogen) atoms. The van der Waals surface area contributed by atoms with Gasteiger partial charge in [0.25, 0.3) is 5.91 Å². The molecule has 1 amide bonds. The van der Waals surface area contributed by atoms with Gasteiger partial charge in [0.15, 0.2) is 10.8 Å². The Labute approximate surface area is 191 Å². The lowest BCUT2D eigenvalue weighted by Crippen LogP contribution is -2.41. The molecule has 1 aliphatic heterocycles. The van der Waals surface area contributed by atoms with Gasteiger partial charge in [0.1, 0.15) is 17.4 Å². The minimum absolute atomic E-state index is 0.168. The number of nitrogens with zero attached hydrogens (tertiary/aromatic N) is 6. The SMILES string of the molecule is Cc1nsc(-c2nc(-c3cc(F)ncc3O)c3n2CCN(C(=O)c2ccc(F)cc2)[C@@H]3C)n1. The minimum Gasteiger partial charge on any atom is -0.506 e. The first kappa shape index (κ1) is 21.1. The van der Waals surface area contributed by atoms with Crippen LogP contribution in [0.25, 0.3) is 22.1 Å². The second-order valence-corrected chi connectivity index (χ2v) is 8.43. The van der Waals surface area contributed by atoms with E-state index in [1.807, 2.05) is 11.5 Å². The van der Waals surface area contributed by atoms with E-state index in [9.17, 15) is 18.7 Å². The normalized spacial score (nSPS) is 15.5. The van der Waals surface area contributed by atoms with Crippen LogP contribution in [0.2, 0.25) is 0 Å². The maximum atomic E-state index is 14.0. The van der Waals surface area contributed by atoms with Crippen molar-refractivity contribution < 1.29 is 18.7 Å². The highest BCUT2D eigenvalue weighted by Crippen LogP contribution is 2.41. The Balaban J connectivity index is 1.65. The fourth-order valence-electron chi connectivity index (χ4n) is 4.06. The zero-order valence-electron chi connectivity index (χ0n) is 17.7. The lowest BCUT2D eigenvalue weighted by molar-refractivity contribution is 0.0645. The summed E-state index contributed by atoms with van der Waals surface area (Å²) in [7, 11) is 0. The second kappa shape index (κ2) is 8.00.